The van der Waals surface area contributed by atoms with E-state index in [9.17, 15) is 9.50 Å². The van der Waals surface area contributed by atoms with Crippen molar-refractivity contribution in [1.29, 1.82) is 0 Å². The zero-order chi connectivity index (χ0) is 19.6. The van der Waals surface area contributed by atoms with Gasteiger partial charge in [0.05, 0.1) is 12.8 Å². The van der Waals surface area contributed by atoms with E-state index in [-0.39, 0.29) is 11.2 Å². The van der Waals surface area contributed by atoms with Gasteiger partial charge in [0.1, 0.15) is 17.3 Å². The van der Waals surface area contributed by atoms with Crippen molar-refractivity contribution in [2.24, 2.45) is 0 Å². The number of halogens is 1. The van der Waals surface area contributed by atoms with Gasteiger partial charge in [-0.15, -0.1) is 0 Å². The fourth-order valence-electron chi connectivity index (χ4n) is 3.57. The Balaban J connectivity index is 1.73. The summed E-state index contributed by atoms with van der Waals surface area (Å²) in [6, 6.07) is 10.7. The van der Waals surface area contributed by atoms with Gasteiger partial charge in [0.15, 0.2) is 0 Å². The number of rotatable bonds is 4. The molecule has 146 valence electrons. The number of piperazine rings is 1. The van der Waals surface area contributed by atoms with Crippen LogP contribution < -0.4 is 9.64 Å². The lowest BCUT2D eigenvalue weighted by Crippen LogP contribution is -2.46. The molecule has 3 rings (SSSR count). The average molecular weight is 372 g/mol. The second kappa shape index (κ2) is 7.77. The Hall–Kier alpha value is -2.27. The van der Waals surface area contributed by atoms with Crippen molar-refractivity contribution < 1.29 is 14.2 Å². The molecule has 1 fully saturated rings. The van der Waals surface area contributed by atoms with E-state index < -0.39 is 0 Å². The van der Waals surface area contributed by atoms with Crippen molar-refractivity contribution in [1.82, 2.24) is 4.90 Å². The second-order valence-corrected chi connectivity index (χ2v) is 8.15. The summed E-state index contributed by atoms with van der Waals surface area (Å²) in [7, 11) is 1.65. The highest BCUT2D eigenvalue weighted by Gasteiger charge is 2.24. The van der Waals surface area contributed by atoms with Crippen molar-refractivity contribution in [3.8, 4) is 11.5 Å². The summed E-state index contributed by atoms with van der Waals surface area (Å²) >= 11 is 0. The van der Waals surface area contributed by atoms with E-state index in [1.807, 2.05) is 24.3 Å². The standard InChI is InChI=1S/C22H29FN2O2/c1-22(2,3)18-14-17(27-4)13-16(21(18)26)15-24-9-11-25(12-10-24)20-8-6-5-7-19(20)23/h5-8,13-14,26H,9-12,15H2,1-4H3. The SMILES string of the molecule is COc1cc(CN2CCN(c3ccccc3F)CC2)c(O)c(C(C)(C)C)c1. The van der Waals surface area contributed by atoms with Gasteiger partial charge in [0, 0.05) is 43.9 Å². The maximum atomic E-state index is 14.0. The van der Waals surface area contributed by atoms with Gasteiger partial charge >= 0.3 is 0 Å². The summed E-state index contributed by atoms with van der Waals surface area (Å²) in [4.78, 5) is 4.37. The summed E-state index contributed by atoms with van der Waals surface area (Å²) in [5, 5.41) is 10.8. The number of methoxy groups -OCH3 is 1. The lowest BCUT2D eigenvalue weighted by Gasteiger charge is -2.36. The van der Waals surface area contributed by atoms with E-state index >= 15 is 0 Å². The highest BCUT2D eigenvalue weighted by atomic mass is 19.1. The smallest absolute Gasteiger partial charge is 0.146 e. The molecule has 1 N–H and O–H groups in total. The van der Waals surface area contributed by atoms with Crippen LogP contribution in [0, 0.1) is 5.82 Å². The van der Waals surface area contributed by atoms with E-state index in [4.69, 9.17) is 4.74 Å². The van der Waals surface area contributed by atoms with Gasteiger partial charge in [-0.1, -0.05) is 32.9 Å². The van der Waals surface area contributed by atoms with Crippen LogP contribution in [0.5, 0.6) is 11.5 Å². The minimum Gasteiger partial charge on any atom is -0.507 e. The molecule has 2 aromatic carbocycles. The molecule has 0 spiro atoms. The van der Waals surface area contributed by atoms with Crippen molar-refractivity contribution in [3.63, 3.8) is 0 Å². The van der Waals surface area contributed by atoms with Crippen LogP contribution >= 0.6 is 0 Å². The van der Waals surface area contributed by atoms with Gasteiger partial charge in [-0.2, -0.15) is 0 Å². The van der Waals surface area contributed by atoms with Crippen molar-refractivity contribution >= 4 is 5.69 Å². The molecule has 1 aliphatic heterocycles. The number of phenols is 1. The van der Waals surface area contributed by atoms with Crippen LogP contribution in [0.1, 0.15) is 31.9 Å². The van der Waals surface area contributed by atoms with Crippen LogP contribution in [0.15, 0.2) is 36.4 Å². The first-order valence-corrected chi connectivity index (χ1v) is 9.42. The Bertz CT molecular complexity index is 793. The number of para-hydroxylation sites is 1. The molecule has 5 heteroatoms. The van der Waals surface area contributed by atoms with Crippen LogP contribution in [-0.4, -0.2) is 43.3 Å². The topological polar surface area (TPSA) is 35.9 Å². The Morgan fingerprint density at radius 3 is 2.33 bits per heavy atom. The zero-order valence-electron chi connectivity index (χ0n) is 16.6. The Kier molecular flexibility index (Phi) is 5.61. The molecule has 0 aliphatic carbocycles. The van der Waals surface area contributed by atoms with Crippen LogP contribution in [0.2, 0.25) is 0 Å². The van der Waals surface area contributed by atoms with Crippen molar-refractivity contribution in [2.45, 2.75) is 32.7 Å². The molecular weight excluding hydrogens is 343 g/mol. The third kappa shape index (κ3) is 4.35. The van der Waals surface area contributed by atoms with Crippen LogP contribution in [0.4, 0.5) is 10.1 Å². The van der Waals surface area contributed by atoms with Gasteiger partial charge in [0.2, 0.25) is 0 Å². The van der Waals surface area contributed by atoms with Gasteiger partial charge in [-0.25, -0.2) is 4.39 Å². The number of ether oxygens (including phenoxy) is 1. The highest BCUT2D eigenvalue weighted by molar-refractivity contribution is 5.50. The average Bonchev–Trinajstić information content (AvgIpc) is 2.63. The molecule has 1 saturated heterocycles. The fraction of sp³-hybridized carbons (Fsp3) is 0.455. The molecular formula is C22H29FN2O2. The van der Waals surface area contributed by atoms with E-state index in [2.05, 4.69) is 30.6 Å². The Labute approximate surface area is 161 Å². The zero-order valence-corrected chi connectivity index (χ0v) is 16.6. The van der Waals surface area contributed by atoms with Gasteiger partial charge in [-0.05, 0) is 29.7 Å². The van der Waals surface area contributed by atoms with Gasteiger partial charge in [-0.3, -0.25) is 4.90 Å². The first kappa shape index (κ1) is 19.5. The lowest BCUT2D eigenvalue weighted by atomic mass is 9.85. The van der Waals surface area contributed by atoms with E-state index in [1.165, 1.54) is 6.07 Å². The predicted molar refractivity (Wildman–Crippen MR) is 107 cm³/mol. The van der Waals surface area contributed by atoms with Crippen LogP contribution in [-0.2, 0) is 12.0 Å². The second-order valence-electron chi connectivity index (χ2n) is 8.15. The van der Waals surface area contributed by atoms with E-state index in [0.717, 1.165) is 43.1 Å². The number of hydrogen-bond acceptors (Lipinski definition) is 4. The normalized spacial score (nSPS) is 15.8. The van der Waals surface area contributed by atoms with E-state index in [0.29, 0.717) is 18.0 Å². The number of nitrogens with zero attached hydrogens (tertiary/aromatic N) is 2. The van der Waals surface area contributed by atoms with Crippen molar-refractivity contribution in [3.05, 3.63) is 53.3 Å². The maximum Gasteiger partial charge on any atom is 0.146 e. The van der Waals surface area contributed by atoms with E-state index in [1.54, 1.807) is 13.2 Å². The largest absolute Gasteiger partial charge is 0.507 e. The van der Waals surface area contributed by atoms with Gasteiger partial charge < -0.3 is 14.7 Å². The summed E-state index contributed by atoms with van der Waals surface area (Å²) in [5.74, 6) is 0.934. The number of phenolic OH excluding ortho intramolecular Hbond substituents is 1. The molecule has 0 atom stereocenters. The first-order valence-electron chi connectivity index (χ1n) is 9.42. The molecule has 1 heterocycles. The molecule has 0 aromatic heterocycles. The number of aromatic hydroxyl groups is 1. The molecule has 0 saturated carbocycles. The van der Waals surface area contributed by atoms with Crippen LogP contribution in [0.25, 0.3) is 0 Å². The molecule has 4 nitrogen and oxygen atoms in total. The molecule has 27 heavy (non-hydrogen) atoms. The molecule has 0 bridgehead atoms. The van der Waals surface area contributed by atoms with Crippen molar-refractivity contribution in [2.75, 3.05) is 38.2 Å². The Morgan fingerprint density at radius 2 is 1.74 bits per heavy atom. The quantitative estimate of drug-likeness (QED) is 0.874. The number of benzene rings is 2. The molecule has 0 amide bonds. The number of anilines is 1. The number of hydrogen-bond donors (Lipinski definition) is 1. The maximum absolute atomic E-state index is 14.0. The minimum atomic E-state index is -0.175. The van der Waals surface area contributed by atoms with Gasteiger partial charge in [0.25, 0.3) is 0 Å². The summed E-state index contributed by atoms with van der Waals surface area (Å²) < 4.78 is 19.5. The predicted octanol–water partition coefficient (Wildman–Crippen LogP) is 4.16. The third-order valence-electron chi connectivity index (χ3n) is 5.17. The lowest BCUT2D eigenvalue weighted by molar-refractivity contribution is 0.245. The minimum absolute atomic E-state index is 0.170. The third-order valence-corrected chi connectivity index (χ3v) is 5.17. The molecule has 0 radical (unpaired) electrons. The molecule has 0 unspecified atom stereocenters. The summed E-state index contributed by atoms with van der Waals surface area (Å²) in [6.07, 6.45) is 0. The highest BCUT2D eigenvalue weighted by Crippen LogP contribution is 2.37. The molecule has 1 aliphatic rings. The first-order chi connectivity index (χ1) is 12.8. The molecule has 2 aromatic rings. The summed E-state index contributed by atoms with van der Waals surface area (Å²) in [5.41, 5.74) is 2.26. The van der Waals surface area contributed by atoms with Crippen LogP contribution in [0.3, 0.4) is 0 Å². The monoisotopic (exact) mass is 372 g/mol. The Morgan fingerprint density at radius 1 is 1.07 bits per heavy atom. The summed E-state index contributed by atoms with van der Waals surface area (Å²) in [6.45, 7) is 10.0. The fourth-order valence-corrected chi connectivity index (χ4v) is 3.57.